The Morgan fingerprint density at radius 3 is 2.42 bits per heavy atom. The third-order valence-electron chi connectivity index (χ3n) is 7.89. The van der Waals surface area contributed by atoms with E-state index in [1.165, 1.54) is 9.78 Å². The number of carbonyl (C=O) groups excluding carboxylic acids is 4. The van der Waals surface area contributed by atoms with Crippen LogP contribution in [0.2, 0.25) is 0 Å². The average molecular weight is 646 g/mol. The van der Waals surface area contributed by atoms with Gasteiger partial charge in [0.05, 0.1) is 23.4 Å². The summed E-state index contributed by atoms with van der Waals surface area (Å²) in [4.78, 5) is 59.0. The van der Waals surface area contributed by atoms with Gasteiger partial charge in [0, 0.05) is 36.7 Å². The lowest BCUT2D eigenvalue weighted by Crippen LogP contribution is -2.58. The topological polar surface area (TPSA) is 150 Å². The minimum absolute atomic E-state index is 0.0164. The number of β-amino-alcohol motifs (C(OH)–C–C–N with tert-alkyl or cyclic N) is 1. The molecular weight excluding hydrogens is 594 g/mol. The number of thiazole rings is 1. The molecule has 250 valence electrons. The molecule has 1 saturated heterocycles. The number of rotatable bonds is 11. The monoisotopic (exact) mass is 645 g/mol. The summed E-state index contributed by atoms with van der Waals surface area (Å²) in [6.07, 6.45) is 7.14. The van der Waals surface area contributed by atoms with Gasteiger partial charge in [-0.3, -0.25) is 14.4 Å². The highest BCUT2D eigenvalue weighted by Crippen LogP contribution is 2.32. The van der Waals surface area contributed by atoms with Crippen LogP contribution >= 0.6 is 11.3 Å². The summed E-state index contributed by atoms with van der Waals surface area (Å²) in [5, 5.41) is 19.1. The number of allylic oxidation sites excluding steroid dienone is 2. The van der Waals surface area contributed by atoms with Crippen molar-refractivity contribution < 1.29 is 29.0 Å². The maximum atomic E-state index is 13.8. The van der Waals surface area contributed by atoms with Gasteiger partial charge in [0.1, 0.15) is 17.7 Å². The number of amides is 4. The van der Waals surface area contributed by atoms with Crippen molar-refractivity contribution in [3.05, 3.63) is 39.9 Å². The number of carbonyl (C=O) groups is 4. The molecule has 1 aliphatic carbocycles. The number of ether oxygens (including phenoxy) is 1. The lowest BCUT2D eigenvalue weighted by Gasteiger charge is -2.35. The van der Waals surface area contributed by atoms with E-state index in [0.717, 1.165) is 17.7 Å². The van der Waals surface area contributed by atoms with E-state index >= 15 is 0 Å². The Balaban J connectivity index is 1.55. The zero-order valence-electron chi connectivity index (χ0n) is 27.9. The smallest absolute Gasteiger partial charge is 0.407 e. The molecule has 1 unspecified atom stereocenters. The molecule has 1 aliphatic heterocycles. The number of aromatic nitrogens is 1. The molecular formula is C33H51N5O6S. The molecule has 0 bridgehead atoms. The molecule has 0 spiro atoms. The maximum absolute atomic E-state index is 13.8. The van der Waals surface area contributed by atoms with E-state index in [4.69, 9.17) is 4.74 Å². The molecule has 2 heterocycles. The van der Waals surface area contributed by atoms with Crippen LogP contribution in [0, 0.1) is 12.3 Å². The number of hydrogen-bond acceptors (Lipinski definition) is 8. The Hall–Kier alpha value is -3.25. The first-order chi connectivity index (χ1) is 21.0. The van der Waals surface area contributed by atoms with Gasteiger partial charge in [0.2, 0.25) is 17.7 Å². The van der Waals surface area contributed by atoms with Gasteiger partial charge in [-0.15, -0.1) is 11.3 Å². The molecule has 0 aromatic carbocycles. The van der Waals surface area contributed by atoms with E-state index in [1.807, 2.05) is 46.2 Å². The third-order valence-corrected chi connectivity index (χ3v) is 8.95. The van der Waals surface area contributed by atoms with Gasteiger partial charge in [-0.25, -0.2) is 9.78 Å². The fourth-order valence-electron chi connectivity index (χ4n) is 5.48. The summed E-state index contributed by atoms with van der Waals surface area (Å²) in [5.74, 6) is -0.761. The number of nitrogens with zero attached hydrogens (tertiary/aromatic N) is 2. The van der Waals surface area contributed by atoms with Crippen molar-refractivity contribution in [3.63, 3.8) is 0 Å². The van der Waals surface area contributed by atoms with Gasteiger partial charge in [-0.05, 0) is 64.9 Å². The second kappa shape index (κ2) is 15.4. The minimum Gasteiger partial charge on any atom is -0.444 e. The standard InChI is InChI=1S/C33H51N5O6S/c1-20(22-12-14-23(15-13-22)27-21(2)35-19-45-27)36-29(41)25-17-24(39)18-38(25)30(42)28(32(3,4)5)37-26(40)11-9-10-16-34-31(43)44-33(6,7)8/h12-14,19-20,23-25,28,39H,9-11,15-18H2,1-8H3,(H,34,43)(H,36,41)(H,37,40)/t20-,23?,24+,25-,28+/m0/s1. The highest BCUT2D eigenvalue weighted by atomic mass is 32.1. The minimum atomic E-state index is -0.890. The van der Waals surface area contributed by atoms with Crippen molar-refractivity contribution in [2.45, 2.75) is 123 Å². The summed E-state index contributed by atoms with van der Waals surface area (Å²) in [6, 6.07) is -2.02. The number of likely N-dealkylation sites (tertiary alicyclic amines) is 1. The molecule has 1 fully saturated rings. The normalized spacial score (nSPS) is 21.5. The molecule has 0 radical (unpaired) electrons. The second-order valence-corrected chi connectivity index (χ2v) is 15.0. The molecule has 2 aliphatic rings. The van der Waals surface area contributed by atoms with Crippen LogP contribution < -0.4 is 16.0 Å². The van der Waals surface area contributed by atoms with Crippen LogP contribution in [0.3, 0.4) is 0 Å². The van der Waals surface area contributed by atoms with Gasteiger partial charge in [-0.2, -0.15) is 0 Å². The van der Waals surface area contributed by atoms with E-state index in [0.29, 0.717) is 19.4 Å². The molecule has 4 amide bonds. The van der Waals surface area contributed by atoms with E-state index in [-0.39, 0.29) is 43.2 Å². The van der Waals surface area contributed by atoms with Crippen molar-refractivity contribution in [1.82, 2.24) is 25.8 Å². The molecule has 1 aromatic rings. The Bertz CT molecular complexity index is 1280. The van der Waals surface area contributed by atoms with Crippen molar-refractivity contribution in [2.24, 2.45) is 5.41 Å². The van der Waals surface area contributed by atoms with Crippen LogP contribution in [-0.4, -0.2) is 81.7 Å². The lowest BCUT2D eigenvalue weighted by molar-refractivity contribution is -0.144. The summed E-state index contributed by atoms with van der Waals surface area (Å²) in [7, 11) is 0. The van der Waals surface area contributed by atoms with Crippen LogP contribution in [0.1, 0.15) is 97.1 Å². The fraction of sp³-hybridized carbons (Fsp3) is 0.667. The van der Waals surface area contributed by atoms with Crippen molar-refractivity contribution in [2.75, 3.05) is 13.1 Å². The quantitative estimate of drug-likeness (QED) is 0.265. The van der Waals surface area contributed by atoms with Crippen LogP contribution in [0.15, 0.2) is 29.3 Å². The number of aliphatic hydroxyl groups excluding tert-OH is 1. The molecule has 45 heavy (non-hydrogen) atoms. The number of hydrogen-bond donors (Lipinski definition) is 4. The van der Waals surface area contributed by atoms with Gasteiger partial charge in [0.15, 0.2) is 0 Å². The van der Waals surface area contributed by atoms with Crippen LogP contribution in [-0.2, 0) is 19.1 Å². The number of unbranched alkanes of at least 4 members (excludes halogenated alkanes) is 1. The molecule has 1 aromatic heterocycles. The SMILES string of the molecule is Cc1ncsc1C1C=CC([C@H](C)NC(=O)[C@@H]2C[C@@H](O)CN2C(=O)[C@@H](NC(=O)CCCCNC(=O)OC(C)(C)C)C(C)(C)C)=CC1. The molecule has 12 heteroatoms. The molecule has 3 rings (SSSR count). The number of aliphatic hydroxyl groups is 1. The first-order valence-corrected chi connectivity index (χ1v) is 16.7. The van der Waals surface area contributed by atoms with Crippen molar-refractivity contribution in [1.29, 1.82) is 0 Å². The predicted molar refractivity (Wildman–Crippen MR) is 175 cm³/mol. The first-order valence-electron chi connectivity index (χ1n) is 15.8. The Labute approximate surface area is 271 Å². The van der Waals surface area contributed by atoms with E-state index in [9.17, 15) is 24.3 Å². The highest BCUT2D eigenvalue weighted by molar-refractivity contribution is 7.09. The Kier molecular flexibility index (Phi) is 12.4. The van der Waals surface area contributed by atoms with E-state index in [2.05, 4.69) is 33.1 Å². The number of nitrogens with one attached hydrogen (secondary N) is 3. The van der Waals surface area contributed by atoms with E-state index in [1.54, 1.807) is 32.1 Å². The summed E-state index contributed by atoms with van der Waals surface area (Å²) in [6.45, 7) is 15.2. The van der Waals surface area contributed by atoms with E-state index < -0.39 is 41.2 Å². The van der Waals surface area contributed by atoms with Gasteiger partial charge in [0.25, 0.3) is 0 Å². The maximum Gasteiger partial charge on any atom is 0.407 e. The van der Waals surface area contributed by atoms with Crippen LogP contribution in [0.25, 0.3) is 0 Å². The highest BCUT2D eigenvalue weighted by Gasteiger charge is 2.44. The first kappa shape index (κ1) is 36.2. The third kappa shape index (κ3) is 10.7. The molecule has 0 saturated carbocycles. The zero-order valence-corrected chi connectivity index (χ0v) is 28.8. The Morgan fingerprint density at radius 2 is 1.84 bits per heavy atom. The van der Waals surface area contributed by atoms with Crippen molar-refractivity contribution >= 4 is 35.2 Å². The van der Waals surface area contributed by atoms with Crippen LogP contribution in [0.5, 0.6) is 0 Å². The average Bonchev–Trinajstić information content (AvgIpc) is 3.55. The molecule has 11 nitrogen and oxygen atoms in total. The summed E-state index contributed by atoms with van der Waals surface area (Å²) in [5.41, 5.74) is 2.65. The lowest BCUT2D eigenvalue weighted by atomic mass is 9.85. The fourth-order valence-corrected chi connectivity index (χ4v) is 6.38. The largest absolute Gasteiger partial charge is 0.444 e. The van der Waals surface area contributed by atoms with Crippen molar-refractivity contribution in [3.8, 4) is 0 Å². The summed E-state index contributed by atoms with van der Waals surface area (Å²) < 4.78 is 5.21. The number of aryl methyl sites for hydroxylation is 1. The predicted octanol–water partition coefficient (Wildman–Crippen LogP) is 4.11. The van der Waals surface area contributed by atoms with Gasteiger partial charge < -0.3 is 30.7 Å². The summed E-state index contributed by atoms with van der Waals surface area (Å²) >= 11 is 1.64. The van der Waals surface area contributed by atoms with Gasteiger partial charge in [-0.1, -0.05) is 39.0 Å². The zero-order chi connectivity index (χ0) is 33.5. The van der Waals surface area contributed by atoms with Crippen LogP contribution in [0.4, 0.5) is 4.79 Å². The Morgan fingerprint density at radius 1 is 1.13 bits per heavy atom. The number of alkyl carbamates (subject to hydrolysis) is 1. The molecule has 5 atom stereocenters. The second-order valence-electron chi connectivity index (χ2n) is 14.1. The van der Waals surface area contributed by atoms with Gasteiger partial charge >= 0.3 is 6.09 Å². The molecule has 4 N–H and O–H groups in total.